The summed E-state index contributed by atoms with van der Waals surface area (Å²) in [5, 5.41) is 0.647. The summed E-state index contributed by atoms with van der Waals surface area (Å²) >= 11 is 6.11. The molecule has 3 heteroatoms. The zero-order valence-electron chi connectivity index (χ0n) is 11.4. The third-order valence-corrected chi connectivity index (χ3v) is 4.24. The maximum atomic E-state index is 12.5. The molecule has 2 aromatic carbocycles. The maximum Gasteiger partial charge on any atom is 0.254 e. The second-order valence-electron chi connectivity index (χ2n) is 5.21. The van der Waals surface area contributed by atoms with Crippen LogP contribution < -0.4 is 0 Å². The largest absolute Gasteiger partial charge is 0.334 e. The molecule has 102 valence electrons. The topological polar surface area (TPSA) is 20.3 Å². The Kier molecular flexibility index (Phi) is 3.49. The highest BCUT2D eigenvalue weighted by molar-refractivity contribution is 6.31. The molecule has 0 spiro atoms. The number of carbonyl (C=O) groups excluding carboxylic acids is 1. The number of carbonyl (C=O) groups is 1. The van der Waals surface area contributed by atoms with E-state index in [0.29, 0.717) is 17.1 Å². The first-order valence-corrected chi connectivity index (χ1v) is 7.15. The van der Waals surface area contributed by atoms with Gasteiger partial charge in [-0.1, -0.05) is 41.9 Å². The molecule has 0 unspecified atom stereocenters. The summed E-state index contributed by atoms with van der Waals surface area (Å²) in [5.41, 5.74) is 4.25. The molecule has 0 atom stereocenters. The monoisotopic (exact) mass is 285 g/mol. The quantitative estimate of drug-likeness (QED) is 0.779. The smallest absolute Gasteiger partial charge is 0.254 e. The molecular formula is C17H16ClNO. The third kappa shape index (κ3) is 2.44. The van der Waals surface area contributed by atoms with Crippen LogP contribution in [0.3, 0.4) is 0 Å². The minimum atomic E-state index is 0.0569. The van der Waals surface area contributed by atoms with Crippen molar-refractivity contribution in [3.05, 3.63) is 69.7 Å². The van der Waals surface area contributed by atoms with Crippen molar-refractivity contribution in [1.29, 1.82) is 0 Å². The van der Waals surface area contributed by atoms with Crippen molar-refractivity contribution in [3.8, 4) is 0 Å². The lowest BCUT2D eigenvalue weighted by molar-refractivity contribution is 0.0734. The highest BCUT2D eigenvalue weighted by atomic mass is 35.5. The molecule has 0 bridgehead atoms. The predicted octanol–water partition coefficient (Wildman–Crippen LogP) is 3.85. The molecule has 2 aromatic rings. The number of rotatable bonds is 1. The van der Waals surface area contributed by atoms with Gasteiger partial charge in [-0.05, 0) is 42.2 Å². The van der Waals surface area contributed by atoms with Gasteiger partial charge in [0.25, 0.3) is 5.91 Å². The van der Waals surface area contributed by atoms with Crippen LogP contribution in [0.25, 0.3) is 0 Å². The molecule has 0 saturated heterocycles. The van der Waals surface area contributed by atoms with Gasteiger partial charge in [-0.3, -0.25) is 4.79 Å². The van der Waals surface area contributed by atoms with E-state index in [4.69, 9.17) is 11.6 Å². The zero-order valence-corrected chi connectivity index (χ0v) is 12.2. The summed E-state index contributed by atoms with van der Waals surface area (Å²) in [6, 6.07) is 13.8. The van der Waals surface area contributed by atoms with Crippen LogP contribution >= 0.6 is 11.6 Å². The molecule has 1 aliphatic heterocycles. The van der Waals surface area contributed by atoms with Gasteiger partial charge in [0.15, 0.2) is 0 Å². The van der Waals surface area contributed by atoms with Gasteiger partial charge in [0.2, 0.25) is 0 Å². The molecule has 20 heavy (non-hydrogen) atoms. The molecule has 2 nitrogen and oxygen atoms in total. The van der Waals surface area contributed by atoms with E-state index in [-0.39, 0.29) is 5.91 Å². The minimum absolute atomic E-state index is 0.0569. The lowest BCUT2D eigenvalue weighted by Crippen LogP contribution is -2.35. The van der Waals surface area contributed by atoms with Crippen LogP contribution in [0.5, 0.6) is 0 Å². The highest BCUT2D eigenvalue weighted by Crippen LogP contribution is 2.22. The Labute approximate surface area is 124 Å². The summed E-state index contributed by atoms with van der Waals surface area (Å²) in [7, 11) is 0. The zero-order chi connectivity index (χ0) is 14.1. The van der Waals surface area contributed by atoms with Crippen molar-refractivity contribution in [2.75, 3.05) is 6.54 Å². The number of benzene rings is 2. The van der Waals surface area contributed by atoms with Gasteiger partial charge < -0.3 is 4.90 Å². The van der Waals surface area contributed by atoms with Crippen LogP contribution in [0.2, 0.25) is 5.02 Å². The summed E-state index contributed by atoms with van der Waals surface area (Å²) in [6.45, 7) is 3.38. The second kappa shape index (κ2) is 5.29. The molecule has 1 aliphatic rings. The second-order valence-corrected chi connectivity index (χ2v) is 5.62. The van der Waals surface area contributed by atoms with Crippen LogP contribution in [0.1, 0.15) is 27.0 Å². The van der Waals surface area contributed by atoms with Gasteiger partial charge in [0, 0.05) is 23.7 Å². The molecule has 1 amide bonds. The van der Waals surface area contributed by atoms with E-state index in [1.54, 1.807) is 6.07 Å². The molecule has 1 heterocycles. The van der Waals surface area contributed by atoms with E-state index < -0.39 is 0 Å². The number of amides is 1. The fourth-order valence-corrected chi connectivity index (χ4v) is 2.76. The SMILES string of the molecule is Cc1ccc(C(=O)N2CCc3ccccc3C2)cc1Cl. The Bertz CT molecular complexity index is 666. The summed E-state index contributed by atoms with van der Waals surface area (Å²) in [6.07, 6.45) is 0.918. The van der Waals surface area contributed by atoms with Crippen LogP contribution in [0.4, 0.5) is 0 Å². The Morgan fingerprint density at radius 2 is 1.90 bits per heavy atom. The molecule has 0 aliphatic carbocycles. The van der Waals surface area contributed by atoms with Gasteiger partial charge in [0.05, 0.1) is 0 Å². The van der Waals surface area contributed by atoms with Crippen molar-refractivity contribution >= 4 is 17.5 Å². The lowest BCUT2D eigenvalue weighted by Gasteiger charge is -2.29. The average molecular weight is 286 g/mol. The van der Waals surface area contributed by atoms with Crippen LogP contribution in [-0.2, 0) is 13.0 Å². The maximum absolute atomic E-state index is 12.5. The first-order chi connectivity index (χ1) is 9.65. The van der Waals surface area contributed by atoms with Crippen LogP contribution in [0, 0.1) is 6.92 Å². The molecule has 3 rings (SSSR count). The van der Waals surface area contributed by atoms with Gasteiger partial charge in [-0.2, -0.15) is 0 Å². The molecular weight excluding hydrogens is 270 g/mol. The van der Waals surface area contributed by atoms with E-state index >= 15 is 0 Å². The van der Waals surface area contributed by atoms with E-state index in [1.165, 1.54) is 11.1 Å². The van der Waals surface area contributed by atoms with E-state index in [2.05, 4.69) is 18.2 Å². The minimum Gasteiger partial charge on any atom is -0.334 e. The van der Waals surface area contributed by atoms with Crippen molar-refractivity contribution in [2.24, 2.45) is 0 Å². The molecule has 0 radical (unpaired) electrons. The summed E-state index contributed by atoms with van der Waals surface area (Å²) in [4.78, 5) is 14.4. The highest BCUT2D eigenvalue weighted by Gasteiger charge is 2.21. The molecule has 0 saturated carbocycles. The van der Waals surface area contributed by atoms with Crippen LogP contribution in [0.15, 0.2) is 42.5 Å². The first kappa shape index (κ1) is 13.2. The average Bonchev–Trinajstić information content (AvgIpc) is 2.49. The summed E-state index contributed by atoms with van der Waals surface area (Å²) < 4.78 is 0. The Hall–Kier alpha value is -1.80. The Morgan fingerprint density at radius 1 is 1.15 bits per heavy atom. The third-order valence-electron chi connectivity index (χ3n) is 3.84. The normalized spacial score (nSPS) is 14.0. The van der Waals surface area contributed by atoms with Gasteiger partial charge in [-0.25, -0.2) is 0 Å². The van der Waals surface area contributed by atoms with Gasteiger partial charge >= 0.3 is 0 Å². The van der Waals surface area contributed by atoms with Gasteiger partial charge in [-0.15, -0.1) is 0 Å². The van der Waals surface area contributed by atoms with E-state index in [1.807, 2.05) is 30.0 Å². The molecule has 0 aromatic heterocycles. The number of fused-ring (bicyclic) bond motifs is 1. The fraction of sp³-hybridized carbons (Fsp3) is 0.235. The summed E-state index contributed by atoms with van der Waals surface area (Å²) in [5.74, 6) is 0.0569. The van der Waals surface area contributed by atoms with E-state index in [9.17, 15) is 4.79 Å². The number of nitrogens with zero attached hydrogens (tertiary/aromatic N) is 1. The predicted molar refractivity (Wildman–Crippen MR) is 81.1 cm³/mol. The van der Waals surface area contributed by atoms with Crippen molar-refractivity contribution in [3.63, 3.8) is 0 Å². The molecule has 0 N–H and O–H groups in total. The number of halogens is 1. The van der Waals surface area contributed by atoms with Crippen LogP contribution in [-0.4, -0.2) is 17.4 Å². The van der Waals surface area contributed by atoms with E-state index in [0.717, 1.165) is 18.5 Å². The number of aryl methyl sites for hydroxylation is 1. The lowest BCUT2D eigenvalue weighted by atomic mass is 9.99. The standard InChI is InChI=1S/C17H16ClNO/c1-12-6-7-14(10-16(12)18)17(20)19-9-8-13-4-2-3-5-15(13)11-19/h2-7,10H,8-9,11H2,1H3. The van der Waals surface area contributed by atoms with Crippen molar-refractivity contribution in [1.82, 2.24) is 4.90 Å². The fourth-order valence-electron chi connectivity index (χ4n) is 2.58. The number of hydrogen-bond acceptors (Lipinski definition) is 1. The molecule has 0 fully saturated rings. The van der Waals surface area contributed by atoms with Crippen molar-refractivity contribution in [2.45, 2.75) is 19.9 Å². The van der Waals surface area contributed by atoms with Gasteiger partial charge in [0.1, 0.15) is 0 Å². The Morgan fingerprint density at radius 3 is 2.65 bits per heavy atom. The Balaban J connectivity index is 1.84. The number of hydrogen-bond donors (Lipinski definition) is 0. The van der Waals surface area contributed by atoms with Crippen molar-refractivity contribution < 1.29 is 4.79 Å². The first-order valence-electron chi connectivity index (χ1n) is 6.77.